The SMILES string of the molecule is CC(C(=O)O)C(C)c1nc2cc3c(cc2[nH]1)OCCO3. The van der Waals surface area contributed by atoms with Gasteiger partial charge in [0.05, 0.1) is 17.0 Å². The predicted octanol–water partition coefficient (Wildman–Crippen LogP) is 2.16. The van der Waals surface area contributed by atoms with Crippen molar-refractivity contribution < 1.29 is 19.4 Å². The van der Waals surface area contributed by atoms with Crippen molar-refractivity contribution in [1.29, 1.82) is 0 Å². The van der Waals surface area contributed by atoms with E-state index in [4.69, 9.17) is 14.6 Å². The molecule has 0 spiro atoms. The van der Waals surface area contributed by atoms with Crippen LogP contribution in [0.25, 0.3) is 11.0 Å². The molecule has 0 radical (unpaired) electrons. The minimum Gasteiger partial charge on any atom is -0.486 e. The third kappa shape index (κ3) is 2.07. The van der Waals surface area contributed by atoms with Crippen molar-refractivity contribution in [3.8, 4) is 11.5 Å². The first kappa shape index (κ1) is 12.8. The molecule has 6 heteroatoms. The third-order valence-corrected chi connectivity index (χ3v) is 3.73. The van der Waals surface area contributed by atoms with Crippen molar-refractivity contribution in [3.63, 3.8) is 0 Å². The Labute approximate surface area is 115 Å². The van der Waals surface area contributed by atoms with Crippen LogP contribution >= 0.6 is 0 Å². The van der Waals surface area contributed by atoms with Gasteiger partial charge in [-0.05, 0) is 0 Å². The van der Waals surface area contributed by atoms with E-state index in [1.807, 2.05) is 19.1 Å². The summed E-state index contributed by atoms with van der Waals surface area (Å²) in [6, 6.07) is 3.67. The quantitative estimate of drug-likeness (QED) is 0.897. The van der Waals surface area contributed by atoms with Crippen molar-refractivity contribution in [1.82, 2.24) is 9.97 Å². The molecule has 2 N–H and O–H groups in total. The lowest BCUT2D eigenvalue weighted by Gasteiger charge is -2.17. The molecule has 0 amide bonds. The zero-order chi connectivity index (χ0) is 14.3. The van der Waals surface area contributed by atoms with E-state index in [0.717, 1.165) is 11.0 Å². The number of rotatable bonds is 3. The number of carbonyl (C=O) groups is 1. The van der Waals surface area contributed by atoms with E-state index in [9.17, 15) is 4.79 Å². The first-order chi connectivity index (χ1) is 9.56. The van der Waals surface area contributed by atoms with Crippen molar-refractivity contribution in [3.05, 3.63) is 18.0 Å². The molecule has 1 aromatic carbocycles. The van der Waals surface area contributed by atoms with Gasteiger partial charge in [0, 0.05) is 18.1 Å². The van der Waals surface area contributed by atoms with E-state index in [0.29, 0.717) is 30.5 Å². The number of carboxylic acid groups (broad SMARTS) is 1. The molecule has 6 nitrogen and oxygen atoms in total. The van der Waals surface area contributed by atoms with Gasteiger partial charge in [0.1, 0.15) is 19.0 Å². The molecule has 20 heavy (non-hydrogen) atoms. The normalized spacial score (nSPS) is 16.9. The fourth-order valence-electron chi connectivity index (χ4n) is 2.23. The van der Waals surface area contributed by atoms with Gasteiger partial charge in [-0.1, -0.05) is 13.8 Å². The number of ether oxygens (including phenoxy) is 2. The number of benzene rings is 1. The number of hydrogen-bond acceptors (Lipinski definition) is 4. The van der Waals surface area contributed by atoms with Crippen LogP contribution in [0.4, 0.5) is 0 Å². The zero-order valence-electron chi connectivity index (χ0n) is 11.3. The molecule has 1 aliphatic heterocycles. The summed E-state index contributed by atoms with van der Waals surface area (Å²) in [5.41, 5.74) is 1.59. The van der Waals surface area contributed by atoms with Gasteiger partial charge in [-0.3, -0.25) is 4.79 Å². The summed E-state index contributed by atoms with van der Waals surface area (Å²) in [4.78, 5) is 18.7. The highest BCUT2D eigenvalue weighted by molar-refractivity contribution is 5.80. The summed E-state index contributed by atoms with van der Waals surface area (Å²) < 4.78 is 11.0. The number of imidazole rings is 1. The maximum absolute atomic E-state index is 11.1. The lowest BCUT2D eigenvalue weighted by Crippen LogP contribution is -2.17. The van der Waals surface area contributed by atoms with Crippen molar-refractivity contribution in [2.45, 2.75) is 19.8 Å². The number of aromatic nitrogens is 2. The van der Waals surface area contributed by atoms with E-state index in [-0.39, 0.29) is 5.92 Å². The minimum atomic E-state index is -0.830. The summed E-state index contributed by atoms with van der Waals surface area (Å²) in [6.45, 7) is 4.59. The maximum atomic E-state index is 11.1. The minimum absolute atomic E-state index is 0.196. The summed E-state index contributed by atoms with van der Waals surface area (Å²) in [5.74, 6) is 0.510. The van der Waals surface area contributed by atoms with Crippen LogP contribution in [0.5, 0.6) is 11.5 Å². The number of hydrogen-bond donors (Lipinski definition) is 2. The Balaban J connectivity index is 2.00. The highest BCUT2D eigenvalue weighted by atomic mass is 16.6. The summed E-state index contributed by atoms with van der Waals surface area (Å²) in [6.07, 6.45) is 0. The van der Waals surface area contributed by atoms with Gasteiger partial charge in [0.25, 0.3) is 0 Å². The second-order valence-corrected chi connectivity index (χ2v) is 5.05. The number of aromatic amines is 1. The van der Waals surface area contributed by atoms with Gasteiger partial charge in [-0.2, -0.15) is 0 Å². The van der Waals surface area contributed by atoms with Gasteiger partial charge in [-0.25, -0.2) is 4.98 Å². The molecule has 2 unspecified atom stereocenters. The molecule has 3 rings (SSSR count). The van der Waals surface area contributed by atoms with Crippen LogP contribution in [0.3, 0.4) is 0 Å². The maximum Gasteiger partial charge on any atom is 0.306 e. The van der Waals surface area contributed by atoms with Gasteiger partial charge >= 0.3 is 5.97 Å². The van der Waals surface area contributed by atoms with Crippen molar-refractivity contribution >= 4 is 17.0 Å². The molecular weight excluding hydrogens is 260 g/mol. The summed E-state index contributed by atoms with van der Waals surface area (Å²) >= 11 is 0. The number of nitrogens with zero attached hydrogens (tertiary/aromatic N) is 1. The highest BCUT2D eigenvalue weighted by Gasteiger charge is 2.24. The molecule has 0 fully saturated rings. The Bertz CT molecular complexity index is 621. The number of H-pyrrole nitrogens is 1. The standard InChI is InChI=1S/C14H16N2O4/c1-7(8(2)14(17)18)13-15-9-5-11-12(6-10(9)16-13)20-4-3-19-11/h5-8H,3-4H2,1-2H3,(H,15,16)(H,17,18). The van der Waals surface area contributed by atoms with Crippen LogP contribution in [0, 0.1) is 5.92 Å². The molecule has 0 saturated carbocycles. The number of fused-ring (bicyclic) bond motifs is 2. The molecule has 0 bridgehead atoms. The van der Waals surface area contributed by atoms with Crippen LogP contribution < -0.4 is 9.47 Å². The Hall–Kier alpha value is -2.24. The molecule has 2 atom stereocenters. The average Bonchev–Trinajstić information content (AvgIpc) is 2.85. The first-order valence-corrected chi connectivity index (χ1v) is 6.58. The van der Waals surface area contributed by atoms with Crippen LogP contribution in [-0.2, 0) is 4.79 Å². The molecular formula is C14H16N2O4. The van der Waals surface area contributed by atoms with E-state index < -0.39 is 11.9 Å². The Morgan fingerprint density at radius 3 is 2.60 bits per heavy atom. The van der Waals surface area contributed by atoms with E-state index >= 15 is 0 Å². The number of nitrogens with one attached hydrogen (secondary N) is 1. The van der Waals surface area contributed by atoms with Gasteiger partial charge < -0.3 is 19.6 Å². The van der Waals surface area contributed by atoms with E-state index in [2.05, 4.69) is 9.97 Å². The fraction of sp³-hybridized carbons (Fsp3) is 0.429. The second kappa shape index (κ2) is 4.70. The first-order valence-electron chi connectivity index (χ1n) is 6.58. The molecule has 2 heterocycles. The van der Waals surface area contributed by atoms with E-state index in [1.54, 1.807) is 6.92 Å². The van der Waals surface area contributed by atoms with Crippen LogP contribution in [0.2, 0.25) is 0 Å². The largest absolute Gasteiger partial charge is 0.486 e. The van der Waals surface area contributed by atoms with Crippen molar-refractivity contribution in [2.24, 2.45) is 5.92 Å². The number of carboxylic acids is 1. The highest BCUT2D eigenvalue weighted by Crippen LogP contribution is 2.34. The topological polar surface area (TPSA) is 84.4 Å². The fourth-order valence-corrected chi connectivity index (χ4v) is 2.23. The Morgan fingerprint density at radius 2 is 1.95 bits per heavy atom. The lowest BCUT2D eigenvalue weighted by molar-refractivity contribution is -0.141. The zero-order valence-corrected chi connectivity index (χ0v) is 11.3. The average molecular weight is 276 g/mol. The Kier molecular flexibility index (Phi) is 3.00. The van der Waals surface area contributed by atoms with Gasteiger partial charge in [0.2, 0.25) is 0 Å². The molecule has 0 aliphatic carbocycles. The van der Waals surface area contributed by atoms with Crippen molar-refractivity contribution in [2.75, 3.05) is 13.2 Å². The second-order valence-electron chi connectivity index (χ2n) is 5.05. The third-order valence-electron chi connectivity index (χ3n) is 3.73. The molecule has 1 aliphatic rings. The molecule has 1 aromatic heterocycles. The number of aliphatic carboxylic acids is 1. The molecule has 2 aromatic rings. The summed E-state index contributed by atoms with van der Waals surface area (Å²) in [5, 5.41) is 9.08. The molecule has 106 valence electrons. The predicted molar refractivity (Wildman–Crippen MR) is 72.3 cm³/mol. The lowest BCUT2D eigenvalue weighted by atomic mass is 9.96. The molecule has 0 saturated heterocycles. The van der Waals surface area contributed by atoms with Crippen LogP contribution in [-0.4, -0.2) is 34.3 Å². The van der Waals surface area contributed by atoms with Gasteiger partial charge in [-0.15, -0.1) is 0 Å². The smallest absolute Gasteiger partial charge is 0.306 e. The van der Waals surface area contributed by atoms with Crippen LogP contribution in [0.1, 0.15) is 25.6 Å². The summed E-state index contributed by atoms with van der Waals surface area (Å²) in [7, 11) is 0. The van der Waals surface area contributed by atoms with E-state index in [1.165, 1.54) is 0 Å². The Morgan fingerprint density at radius 1 is 1.30 bits per heavy atom. The van der Waals surface area contributed by atoms with Gasteiger partial charge in [0.15, 0.2) is 11.5 Å². The monoisotopic (exact) mass is 276 g/mol. The van der Waals surface area contributed by atoms with Crippen LogP contribution in [0.15, 0.2) is 12.1 Å².